The average molecular weight is 500 g/mol. The van der Waals surface area contributed by atoms with Crippen molar-refractivity contribution in [2.45, 2.75) is 25.5 Å². The lowest BCUT2D eigenvalue weighted by Crippen LogP contribution is -2.53. The van der Waals surface area contributed by atoms with Gasteiger partial charge in [0.1, 0.15) is 0 Å². The topological polar surface area (TPSA) is 65.0 Å². The Hall–Kier alpha value is -0.550. The van der Waals surface area contributed by atoms with E-state index in [2.05, 4.69) is 37.6 Å². The van der Waals surface area contributed by atoms with Crippen molar-refractivity contribution >= 4 is 56.1 Å². The number of rotatable bonds is 5. The largest absolute Gasteiger partial charge is 0.360 e. The second-order valence-electron chi connectivity index (χ2n) is 6.63. The van der Waals surface area contributed by atoms with Crippen LogP contribution in [0.15, 0.2) is 22.5 Å². The molecule has 0 radical (unpaired) electrons. The molecule has 0 bridgehead atoms. The Bertz CT molecular complexity index is 652. The molecule has 9 heteroatoms. The Balaban J connectivity index is 0.00000312. The molecule has 25 heavy (non-hydrogen) atoms. The van der Waals surface area contributed by atoms with E-state index in [-0.39, 0.29) is 30.5 Å². The molecule has 144 valence electrons. The summed E-state index contributed by atoms with van der Waals surface area (Å²) in [5.41, 5.74) is 0. The van der Waals surface area contributed by atoms with Crippen LogP contribution in [0.4, 0.5) is 5.00 Å². The van der Waals surface area contributed by atoms with Gasteiger partial charge in [-0.3, -0.25) is 4.99 Å². The Kier molecular flexibility index (Phi) is 8.46. The number of anilines is 1. The van der Waals surface area contributed by atoms with Crippen LogP contribution in [-0.2, 0) is 9.84 Å². The van der Waals surface area contributed by atoms with E-state index < -0.39 is 14.6 Å². The predicted molar refractivity (Wildman–Crippen MR) is 118 cm³/mol. The van der Waals surface area contributed by atoms with Gasteiger partial charge in [0.05, 0.1) is 16.3 Å². The molecule has 1 fully saturated rings. The van der Waals surface area contributed by atoms with E-state index in [4.69, 9.17) is 0 Å². The summed E-state index contributed by atoms with van der Waals surface area (Å²) in [5, 5.41) is 6.69. The first-order valence-corrected chi connectivity index (χ1v) is 11.0. The van der Waals surface area contributed by atoms with E-state index in [0.29, 0.717) is 0 Å². The lowest BCUT2D eigenvalue weighted by molar-refractivity contribution is 0.372. The summed E-state index contributed by atoms with van der Waals surface area (Å²) in [4.78, 5) is 9.19. The summed E-state index contributed by atoms with van der Waals surface area (Å²) in [7, 11) is -3.14. The van der Waals surface area contributed by atoms with Crippen molar-refractivity contribution in [3.8, 4) is 0 Å². The van der Waals surface area contributed by atoms with Gasteiger partial charge in [-0.2, -0.15) is 0 Å². The molecule has 1 aliphatic rings. The van der Waals surface area contributed by atoms with Crippen LogP contribution < -0.4 is 10.2 Å². The zero-order valence-corrected chi connectivity index (χ0v) is 19.3. The molecule has 0 atom stereocenters. The molecule has 2 heterocycles. The first-order valence-electron chi connectivity index (χ1n) is 8.26. The Morgan fingerprint density at radius 1 is 1.32 bits per heavy atom. The molecule has 0 aliphatic carbocycles. The summed E-state index contributed by atoms with van der Waals surface area (Å²) in [6, 6.07) is 4.22. The normalized spacial score (nSPS) is 16.6. The molecule has 1 N–H and O–H groups in total. The maximum Gasteiger partial charge on any atom is 0.194 e. The van der Waals surface area contributed by atoms with Crippen LogP contribution in [0.3, 0.4) is 0 Å². The summed E-state index contributed by atoms with van der Waals surface area (Å²) >= 11 is 1.76. The van der Waals surface area contributed by atoms with Gasteiger partial charge in [0.2, 0.25) is 0 Å². The summed E-state index contributed by atoms with van der Waals surface area (Å²) < 4.78 is 22.9. The summed E-state index contributed by atoms with van der Waals surface area (Å²) in [6.07, 6.45) is 1.27. The summed E-state index contributed by atoms with van der Waals surface area (Å²) in [6.45, 7) is 10.2. The zero-order chi connectivity index (χ0) is 17.8. The maximum atomic E-state index is 11.9. The molecule has 1 aromatic heterocycles. The molecule has 0 amide bonds. The van der Waals surface area contributed by atoms with Crippen molar-refractivity contribution in [3.63, 3.8) is 0 Å². The number of guanidine groups is 1. The molecule has 0 unspecified atom stereocenters. The SMILES string of the molecule is CCNC(=NCC(C)(C)S(C)(=O)=O)N1CCN(c2cccs2)CC1.I. The minimum absolute atomic E-state index is 0. The molecule has 0 aromatic carbocycles. The van der Waals surface area contributed by atoms with E-state index in [0.717, 1.165) is 38.7 Å². The second kappa shape index (κ2) is 9.40. The molecule has 0 spiro atoms. The number of sulfone groups is 1. The van der Waals surface area contributed by atoms with Crippen LogP contribution in [0.25, 0.3) is 0 Å². The molecule has 2 rings (SSSR count). The lowest BCUT2D eigenvalue weighted by Gasteiger charge is -2.37. The quantitative estimate of drug-likeness (QED) is 0.382. The Morgan fingerprint density at radius 2 is 1.96 bits per heavy atom. The van der Waals surface area contributed by atoms with Crippen LogP contribution in [0.2, 0.25) is 0 Å². The number of piperazine rings is 1. The number of hydrogen-bond donors (Lipinski definition) is 1. The van der Waals surface area contributed by atoms with Crippen LogP contribution in [0.5, 0.6) is 0 Å². The van der Waals surface area contributed by atoms with E-state index in [1.165, 1.54) is 11.3 Å². The zero-order valence-electron chi connectivity index (χ0n) is 15.4. The number of nitrogens with one attached hydrogen (secondary N) is 1. The highest BCUT2D eigenvalue weighted by Crippen LogP contribution is 2.22. The molecular formula is C16H29IN4O2S2. The molecular weight excluding hydrogens is 471 g/mol. The van der Waals surface area contributed by atoms with Crippen LogP contribution >= 0.6 is 35.3 Å². The predicted octanol–water partition coefficient (Wildman–Crippen LogP) is 2.28. The number of halogens is 1. The van der Waals surface area contributed by atoms with Crippen molar-refractivity contribution in [1.29, 1.82) is 0 Å². The van der Waals surface area contributed by atoms with Crippen LogP contribution in [-0.4, -0.2) is 69.5 Å². The number of thiophene rings is 1. The molecule has 1 aliphatic heterocycles. The third-order valence-electron chi connectivity index (χ3n) is 4.35. The van der Waals surface area contributed by atoms with Gasteiger partial charge >= 0.3 is 0 Å². The van der Waals surface area contributed by atoms with Gasteiger partial charge in [-0.25, -0.2) is 8.42 Å². The van der Waals surface area contributed by atoms with Crippen molar-refractivity contribution < 1.29 is 8.42 Å². The van der Waals surface area contributed by atoms with E-state index >= 15 is 0 Å². The first-order chi connectivity index (χ1) is 11.2. The third-order valence-corrected chi connectivity index (χ3v) is 7.41. The van der Waals surface area contributed by atoms with Gasteiger partial charge < -0.3 is 15.1 Å². The number of hydrogen-bond acceptors (Lipinski definition) is 5. The fourth-order valence-corrected chi connectivity index (χ4v) is 3.48. The molecule has 1 saturated heterocycles. The molecule has 0 saturated carbocycles. The van der Waals surface area contributed by atoms with Crippen molar-refractivity contribution in [3.05, 3.63) is 17.5 Å². The van der Waals surface area contributed by atoms with Crippen molar-refractivity contribution in [2.24, 2.45) is 4.99 Å². The number of nitrogens with zero attached hydrogens (tertiary/aromatic N) is 3. The Labute approximate surface area is 172 Å². The van der Waals surface area contributed by atoms with E-state index in [9.17, 15) is 8.42 Å². The van der Waals surface area contributed by atoms with E-state index in [1.54, 1.807) is 25.2 Å². The fourth-order valence-electron chi connectivity index (χ4n) is 2.40. The van der Waals surface area contributed by atoms with Crippen molar-refractivity contribution in [2.75, 3.05) is 50.4 Å². The fraction of sp³-hybridized carbons (Fsp3) is 0.688. The average Bonchev–Trinajstić information content (AvgIpc) is 3.05. The van der Waals surface area contributed by atoms with Gasteiger partial charge in [0.25, 0.3) is 0 Å². The monoisotopic (exact) mass is 500 g/mol. The maximum absolute atomic E-state index is 11.9. The second-order valence-corrected chi connectivity index (χ2v) is 10.2. The van der Waals surface area contributed by atoms with Gasteiger partial charge in [0.15, 0.2) is 15.8 Å². The van der Waals surface area contributed by atoms with Crippen LogP contribution in [0.1, 0.15) is 20.8 Å². The Morgan fingerprint density at radius 3 is 2.44 bits per heavy atom. The third kappa shape index (κ3) is 5.99. The first kappa shape index (κ1) is 22.5. The highest BCUT2D eigenvalue weighted by molar-refractivity contribution is 14.0. The highest BCUT2D eigenvalue weighted by Gasteiger charge is 2.30. The standard InChI is InChI=1S/C16H28N4O2S2.HI/c1-5-17-15(18-13-16(2,3)24(4,21)22)20-10-8-19(9-11-20)14-7-6-12-23-14;/h6-7,12H,5,8-11,13H2,1-4H3,(H,17,18);1H. The van der Waals surface area contributed by atoms with Gasteiger partial charge in [-0.15, -0.1) is 35.3 Å². The van der Waals surface area contributed by atoms with Gasteiger partial charge in [-0.1, -0.05) is 0 Å². The lowest BCUT2D eigenvalue weighted by atomic mass is 10.2. The van der Waals surface area contributed by atoms with E-state index in [1.807, 2.05) is 6.92 Å². The van der Waals surface area contributed by atoms with Crippen molar-refractivity contribution in [1.82, 2.24) is 10.2 Å². The number of aliphatic imine (C=N–C) groups is 1. The van der Waals surface area contributed by atoms with Gasteiger partial charge in [0, 0.05) is 39.0 Å². The molecule has 1 aromatic rings. The smallest absolute Gasteiger partial charge is 0.194 e. The van der Waals surface area contributed by atoms with Gasteiger partial charge in [-0.05, 0) is 38.3 Å². The minimum atomic E-state index is -3.14. The summed E-state index contributed by atoms with van der Waals surface area (Å²) in [5.74, 6) is 0.806. The highest BCUT2D eigenvalue weighted by atomic mass is 127. The minimum Gasteiger partial charge on any atom is -0.360 e. The molecule has 6 nitrogen and oxygen atoms in total. The van der Waals surface area contributed by atoms with Crippen LogP contribution in [0, 0.1) is 0 Å².